The summed E-state index contributed by atoms with van der Waals surface area (Å²) in [7, 11) is 3.82. The first kappa shape index (κ1) is 14.9. The van der Waals surface area contributed by atoms with Gasteiger partial charge in [-0.3, -0.25) is 9.69 Å². The largest absolute Gasteiger partial charge is 0.394 e. The van der Waals surface area contributed by atoms with Crippen LogP contribution in [0.1, 0.15) is 35.6 Å². The number of rotatable bonds is 5. The zero-order chi connectivity index (χ0) is 14.1. The highest BCUT2D eigenvalue weighted by Crippen LogP contribution is 2.16. The van der Waals surface area contributed by atoms with E-state index in [1.54, 1.807) is 0 Å². The van der Waals surface area contributed by atoms with E-state index in [0.29, 0.717) is 6.54 Å². The molecule has 0 radical (unpaired) electrons. The summed E-state index contributed by atoms with van der Waals surface area (Å²) in [5, 5.41) is 9.29. The Labute approximate surface area is 109 Å². The molecule has 1 rings (SSSR count). The first-order chi connectivity index (χ1) is 8.20. The number of hydrogen-bond acceptors (Lipinski definition) is 3. The van der Waals surface area contributed by atoms with Gasteiger partial charge in [0.1, 0.15) is 0 Å². The fourth-order valence-corrected chi connectivity index (χ4v) is 1.77. The summed E-state index contributed by atoms with van der Waals surface area (Å²) < 4.78 is 2.02. The van der Waals surface area contributed by atoms with E-state index in [0.717, 1.165) is 17.0 Å². The quantitative estimate of drug-likeness (QED) is 0.808. The van der Waals surface area contributed by atoms with Gasteiger partial charge in [0.2, 0.25) is 0 Å². The van der Waals surface area contributed by atoms with Crippen LogP contribution < -0.4 is 0 Å². The van der Waals surface area contributed by atoms with E-state index in [1.165, 1.54) is 0 Å². The molecule has 0 aliphatic carbocycles. The van der Waals surface area contributed by atoms with Gasteiger partial charge in [-0.25, -0.2) is 0 Å². The molecule has 0 bridgehead atoms. The molecule has 0 unspecified atom stereocenters. The minimum absolute atomic E-state index is 0.0313. The van der Waals surface area contributed by atoms with Gasteiger partial charge in [0.05, 0.1) is 13.2 Å². The first-order valence-corrected chi connectivity index (χ1v) is 6.19. The molecule has 1 aromatic rings. The van der Waals surface area contributed by atoms with E-state index >= 15 is 0 Å². The van der Waals surface area contributed by atoms with Gasteiger partial charge >= 0.3 is 0 Å². The van der Waals surface area contributed by atoms with Crippen LogP contribution in [0.2, 0.25) is 0 Å². The van der Waals surface area contributed by atoms with Crippen molar-refractivity contribution in [2.45, 2.75) is 33.2 Å². The average molecular weight is 252 g/mol. The molecule has 102 valence electrons. The fraction of sp³-hybridized carbons (Fsp3) is 0.643. The van der Waals surface area contributed by atoms with Gasteiger partial charge in [0, 0.05) is 29.5 Å². The second-order valence-corrected chi connectivity index (χ2v) is 5.59. The third-order valence-corrected chi connectivity index (χ3v) is 3.88. The molecule has 0 spiro atoms. The first-order valence-electron chi connectivity index (χ1n) is 6.19. The van der Waals surface area contributed by atoms with Crippen molar-refractivity contribution in [2.75, 3.05) is 20.2 Å². The Kier molecular flexibility index (Phi) is 4.35. The van der Waals surface area contributed by atoms with Crippen molar-refractivity contribution in [1.29, 1.82) is 0 Å². The molecule has 18 heavy (non-hydrogen) atoms. The predicted octanol–water partition coefficient (Wildman–Crippen LogP) is 1.53. The number of hydrogen-bond donors (Lipinski definition) is 1. The molecule has 0 aliphatic rings. The molecule has 1 N–H and O–H groups in total. The van der Waals surface area contributed by atoms with E-state index in [9.17, 15) is 9.90 Å². The minimum Gasteiger partial charge on any atom is -0.394 e. The van der Waals surface area contributed by atoms with Crippen LogP contribution in [0.15, 0.2) is 6.07 Å². The van der Waals surface area contributed by atoms with E-state index < -0.39 is 0 Å². The van der Waals surface area contributed by atoms with Gasteiger partial charge in [0.15, 0.2) is 5.78 Å². The SMILES string of the molecule is Cc1cc(C(=O)CN(C)C(C)(C)CO)c(C)n1C. The third kappa shape index (κ3) is 2.82. The highest BCUT2D eigenvalue weighted by Gasteiger charge is 2.25. The van der Waals surface area contributed by atoms with Crippen LogP contribution in [0.5, 0.6) is 0 Å². The monoisotopic (exact) mass is 252 g/mol. The van der Waals surface area contributed by atoms with Crippen LogP contribution in [-0.2, 0) is 7.05 Å². The van der Waals surface area contributed by atoms with E-state index in [4.69, 9.17) is 0 Å². The third-order valence-electron chi connectivity index (χ3n) is 3.88. The maximum Gasteiger partial charge on any atom is 0.178 e. The number of aromatic nitrogens is 1. The molecule has 0 atom stereocenters. The summed E-state index contributed by atoms with van der Waals surface area (Å²) in [6.07, 6.45) is 0. The fourth-order valence-electron chi connectivity index (χ4n) is 1.77. The van der Waals surface area contributed by atoms with E-state index in [-0.39, 0.29) is 17.9 Å². The molecule has 0 amide bonds. The summed E-state index contributed by atoms with van der Waals surface area (Å²) in [5.41, 5.74) is 2.47. The Morgan fingerprint density at radius 3 is 2.39 bits per heavy atom. The Morgan fingerprint density at radius 1 is 1.44 bits per heavy atom. The zero-order valence-electron chi connectivity index (χ0n) is 12.2. The van der Waals surface area contributed by atoms with Gasteiger partial charge in [-0.05, 0) is 40.8 Å². The molecule has 0 aliphatic heterocycles. The maximum atomic E-state index is 12.3. The number of likely N-dealkylation sites (N-methyl/N-ethyl adjacent to an activating group) is 1. The number of carbonyl (C=O) groups is 1. The highest BCUT2D eigenvalue weighted by atomic mass is 16.3. The summed E-state index contributed by atoms with van der Waals surface area (Å²) in [4.78, 5) is 14.2. The Hall–Kier alpha value is -1.13. The Morgan fingerprint density at radius 2 is 2.00 bits per heavy atom. The molecule has 4 heteroatoms. The van der Waals surface area contributed by atoms with Gasteiger partial charge < -0.3 is 9.67 Å². The average Bonchev–Trinajstić information content (AvgIpc) is 2.56. The number of aryl methyl sites for hydroxylation is 1. The lowest BCUT2D eigenvalue weighted by molar-refractivity contribution is 0.0659. The molecule has 0 saturated heterocycles. The Bertz CT molecular complexity index is 447. The van der Waals surface area contributed by atoms with Gasteiger partial charge in [-0.15, -0.1) is 0 Å². The lowest BCUT2D eigenvalue weighted by Gasteiger charge is -2.33. The van der Waals surface area contributed by atoms with Crippen LogP contribution >= 0.6 is 0 Å². The minimum atomic E-state index is -0.382. The number of aliphatic hydroxyl groups excluding tert-OH is 1. The molecule has 1 aromatic heterocycles. The lowest BCUT2D eigenvalue weighted by Crippen LogP contribution is -2.46. The normalized spacial score (nSPS) is 12.2. The standard InChI is InChI=1S/C14H24N2O2/c1-10-7-12(11(2)16(10)6)13(18)8-15(5)14(3,4)9-17/h7,17H,8-9H2,1-6H3. The zero-order valence-corrected chi connectivity index (χ0v) is 12.2. The second kappa shape index (κ2) is 5.24. The number of aliphatic hydroxyl groups is 1. The molecule has 0 aromatic carbocycles. The van der Waals surface area contributed by atoms with Crippen LogP contribution in [0.3, 0.4) is 0 Å². The lowest BCUT2D eigenvalue weighted by atomic mass is 10.0. The van der Waals surface area contributed by atoms with Crippen molar-refractivity contribution in [3.05, 3.63) is 23.0 Å². The van der Waals surface area contributed by atoms with E-state index in [2.05, 4.69) is 0 Å². The number of ketones is 1. The predicted molar refractivity (Wildman–Crippen MR) is 73.0 cm³/mol. The van der Waals surface area contributed by atoms with E-state index in [1.807, 2.05) is 57.3 Å². The van der Waals surface area contributed by atoms with Crippen molar-refractivity contribution in [3.63, 3.8) is 0 Å². The van der Waals surface area contributed by atoms with Crippen LogP contribution in [0.4, 0.5) is 0 Å². The van der Waals surface area contributed by atoms with Gasteiger partial charge in [-0.1, -0.05) is 0 Å². The van der Waals surface area contributed by atoms with Crippen LogP contribution in [-0.4, -0.2) is 46.1 Å². The number of Topliss-reactive ketones (excluding diaryl/α,β-unsaturated/α-hetero) is 1. The second-order valence-electron chi connectivity index (χ2n) is 5.59. The summed E-state index contributed by atoms with van der Waals surface area (Å²) >= 11 is 0. The van der Waals surface area contributed by atoms with Crippen molar-refractivity contribution in [2.24, 2.45) is 7.05 Å². The molecule has 4 nitrogen and oxygen atoms in total. The van der Waals surface area contributed by atoms with Gasteiger partial charge in [-0.2, -0.15) is 0 Å². The van der Waals surface area contributed by atoms with Crippen LogP contribution in [0.25, 0.3) is 0 Å². The van der Waals surface area contributed by atoms with Crippen LogP contribution in [0, 0.1) is 13.8 Å². The maximum absolute atomic E-state index is 12.3. The van der Waals surface area contributed by atoms with Crippen molar-refractivity contribution in [3.8, 4) is 0 Å². The molecule has 0 saturated carbocycles. The van der Waals surface area contributed by atoms with Crippen molar-refractivity contribution < 1.29 is 9.90 Å². The topological polar surface area (TPSA) is 45.5 Å². The number of carbonyl (C=O) groups excluding carboxylic acids is 1. The smallest absolute Gasteiger partial charge is 0.178 e. The molecular weight excluding hydrogens is 228 g/mol. The summed E-state index contributed by atoms with van der Waals surface area (Å²) in [6.45, 7) is 8.14. The van der Waals surface area contributed by atoms with Gasteiger partial charge in [0.25, 0.3) is 0 Å². The molecule has 1 heterocycles. The summed E-state index contributed by atoms with van der Waals surface area (Å²) in [5.74, 6) is 0.0974. The van der Waals surface area contributed by atoms with Crippen molar-refractivity contribution >= 4 is 5.78 Å². The number of nitrogens with zero attached hydrogens (tertiary/aromatic N) is 2. The molecular formula is C14H24N2O2. The molecule has 0 fully saturated rings. The highest BCUT2D eigenvalue weighted by molar-refractivity contribution is 5.99. The summed E-state index contributed by atoms with van der Waals surface area (Å²) in [6, 6.07) is 1.93. The van der Waals surface area contributed by atoms with Crippen molar-refractivity contribution in [1.82, 2.24) is 9.47 Å². The Balaban J connectivity index is 2.86.